The lowest BCUT2D eigenvalue weighted by Crippen LogP contribution is -2.06. The molecule has 0 aliphatic heterocycles. The van der Waals surface area contributed by atoms with Crippen LogP contribution in [0, 0.1) is 0 Å². The number of thiophene rings is 1. The Hall–Kier alpha value is -1.19. The lowest BCUT2D eigenvalue weighted by Gasteiger charge is -2.12. The third-order valence-electron chi connectivity index (χ3n) is 2.83. The van der Waals surface area contributed by atoms with Gasteiger partial charge in [0.2, 0.25) is 0 Å². The van der Waals surface area contributed by atoms with Crippen molar-refractivity contribution in [3.8, 4) is 5.75 Å². The van der Waals surface area contributed by atoms with Crippen LogP contribution in [-0.4, -0.2) is 6.10 Å². The van der Waals surface area contributed by atoms with Crippen molar-refractivity contribution in [1.82, 2.24) is 0 Å². The van der Waals surface area contributed by atoms with E-state index in [0.29, 0.717) is 5.02 Å². The van der Waals surface area contributed by atoms with Gasteiger partial charge in [-0.1, -0.05) is 18.5 Å². The monoisotopic (exact) mass is 309 g/mol. The molecule has 2 nitrogen and oxygen atoms in total. The first-order chi connectivity index (χ1) is 9.58. The van der Waals surface area contributed by atoms with E-state index in [1.54, 1.807) is 0 Å². The van der Waals surface area contributed by atoms with E-state index in [9.17, 15) is 0 Å². The molecule has 1 heterocycles. The van der Waals surface area contributed by atoms with Crippen molar-refractivity contribution < 1.29 is 4.74 Å². The van der Waals surface area contributed by atoms with E-state index < -0.39 is 0 Å². The van der Waals surface area contributed by atoms with E-state index in [4.69, 9.17) is 16.3 Å². The second kappa shape index (κ2) is 7.00. The van der Waals surface area contributed by atoms with Gasteiger partial charge < -0.3 is 10.1 Å². The topological polar surface area (TPSA) is 21.3 Å². The molecule has 1 N–H and O–H groups in total. The maximum absolute atomic E-state index is 6.22. The van der Waals surface area contributed by atoms with Crippen LogP contribution in [0.2, 0.25) is 5.02 Å². The molecule has 0 aliphatic carbocycles. The van der Waals surface area contributed by atoms with Gasteiger partial charge in [0.15, 0.2) is 0 Å². The summed E-state index contributed by atoms with van der Waals surface area (Å²) >= 11 is 8.07. The molecular weight excluding hydrogens is 290 g/mol. The molecule has 2 rings (SSSR count). The number of hydrogen-bond donors (Lipinski definition) is 1. The molecule has 0 atom stereocenters. The highest BCUT2D eigenvalue weighted by Crippen LogP contribution is 2.29. The predicted molar refractivity (Wildman–Crippen MR) is 88.2 cm³/mol. The number of benzene rings is 1. The van der Waals surface area contributed by atoms with Gasteiger partial charge in [-0.2, -0.15) is 0 Å². The molecule has 1 aromatic carbocycles. The third-order valence-corrected chi connectivity index (χ3v) is 4.35. The number of nitrogens with one attached hydrogen (secondary N) is 1. The number of rotatable bonds is 6. The average molecular weight is 310 g/mol. The standard InChI is InChI=1S/C16H20ClNOS/c1-4-13-6-7-14(20-13)10-18-12-5-8-16(15(17)9-12)19-11(2)3/h5-9,11,18H,4,10H2,1-3H3. The summed E-state index contributed by atoms with van der Waals surface area (Å²) in [5, 5.41) is 4.03. The molecule has 4 heteroatoms. The molecule has 0 bridgehead atoms. The summed E-state index contributed by atoms with van der Waals surface area (Å²) in [5.41, 5.74) is 1.01. The van der Waals surface area contributed by atoms with Crippen LogP contribution < -0.4 is 10.1 Å². The first kappa shape index (κ1) is 15.2. The van der Waals surface area contributed by atoms with Gasteiger partial charge in [0.1, 0.15) is 5.75 Å². The largest absolute Gasteiger partial charge is 0.489 e. The van der Waals surface area contributed by atoms with E-state index in [1.165, 1.54) is 9.75 Å². The fraction of sp³-hybridized carbons (Fsp3) is 0.375. The maximum Gasteiger partial charge on any atom is 0.138 e. The highest BCUT2D eigenvalue weighted by molar-refractivity contribution is 7.12. The molecule has 0 amide bonds. The van der Waals surface area contributed by atoms with Gasteiger partial charge >= 0.3 is 0 Å². The van der Waals surface area contributed by atoms with Gasteiger partial charge in [0.05, 0.1) is 11.1 Å². The Morgan fingerprint density at radius 3 is 2.55 bits per heavy atom. The summed E-state index contributed by atoms with van der Waals surface area (Å²) < 4.78 is 5.62. The second-order valence-electron chi connectivity index (χ2n) is 4.89. The smallest absolute Gasteiger partial charge is 0.138 e. The van der Waals surface area contributed by atoms with Crippen LogP contribution in [0.25, 0.3) is 0 Å². The van der Waals surface area contributed by atoms with Crippen molar-refractivity contribution in [1.29, 1.82) is 0 Å². The Labute approximate surface area is 129 Å². The fourth-order valence-electron chi connectivity index (χ4n) is 1.86. The zero-order chi connectivity index (χ0) is 14.5. The molecule has 0 saturated carbocycles. The molecule has 2 aromatic rings. The molecule has 1 aromatic heterocycles. The van der Waals surface area contributed by atoms with E-state index in [0.717, 1.165) is 24.4 Å². The van der Waals surface area contributed by atoms with E-state index in [2.05, 4.69) is 24.4 Å². The molecule has 0 spiro atoms. The molecule has 108 valence electrons. The Kier molecular flexibility index (Phi) is 5.32. The van der Waals surface area contributed by atoms with Crippen LogP contribution >= 0.6 is 22.9 Å². The van der Waals surface area contributed by atoms with Crippen LogP contribution in [-0.2, 0) is 13.0 Å². The van der Waals surface area contributed by atoms with Crippen LogP contribution in [0.4, 0.5) is 5.69 Å². The number of ether oxygens (including phenoxy) is 1. The van der Waals surface area contributed by atoms with Crippen molar-refractivity contribution in [2.75, 3.05) is 5.32 Å². The van der Waals surface area contributed by atoms with Crippen molar-refractivity contribution >= 4 is 28.6 Å². The molecular formula is C16H20ClNOS. The predicted octanol–water partition coefficient (Wildman–Crippen LogP) is 5.36. The average Bonchev–Trinajstić information content (AvgIpc) is 2.87. The van der Waals surface area contributed by atoms with Gasteiger partial charge in [0, 0.05) is 22.0 Å². The Bertz CT molecular complexity index is 565. The lowest BCUT2D eigenvalue weighted by atomic mass is 10.3. The lowest BCUT2D eigenvalue weighted by molar-refractivity contribution is 0.242. The number of hydrogen-bond acceptors (Lipinski definition) is 3. The van der Waals surface area contributed by atoms with Crippen molar-refractivity contribution in [3.05, 3.63) is 45.1 Å². The summed E-state index contributed by atoms with van der Waals surface area (Å²) in [6.07, 6.45) is 1.22. The summed E-state index contributed by atoms with van der Waals surface area (Å²) in [6.45, 7) is 6.98. The molecule has 0 fully saturated rings. The first-order valence-electron chi connectivity index (χ1n) is 6.86. The van der Waals surface area contributed by atoms with Gasteiger partial charge in [-0.25, -0.2) is 0 Å². The molecule has 0 unspecified atom stereocenters. The highest BCUT2D eigenvalue weighted by Gasteiger charge is 2.05. The van der Waals surface area contributed by atoms with Crippen LogP contribution in [0.5, 0.6) is 5.75 Å². The summed E-state index contributed by atoms with van der Waals surface area (Å²) in [6, 6.07) is 10.2. The summed E-state index contributed by atoms with van der Waals surface area (Å²) in [5.74, 6) is 0.733. The van der Waals surface area contributed by atoms with Crippen molar-refractivity contribution in [2.24, 2.45) is 0 Å². The van der Waals surface area contributed by atoms with Crippen LogP contribution in [0.1, 0.15) is 30.5 Å². The zero-order valence-corrected chi connectivity index (χ0v) is 13.6. The minimum absolute atomic E-state index is 0.130. The third kappa shape index (κ3) is 4.15. The van der Waals surface area contributed by atoms with Gasteiger partial charge in [-0.05, 0) is 50.6 Å². The minimum Gasteiger partial charge on any atom is -0.489 e. The van der Waals surface area contributed by atoms with Crippen molar-refractivity contribution in [2.45, 2.75) is 39.8 Å². The number of aryl methyl sites for hydroxylation is 1. The van der Waals surface area contributed by atoms with Crippen LogP contribution in [0.3, 0.4) is 0 Å². The first-order valence-corrected chi connectivity index (χ1v) is 8.05. The molecule has 0 radical (unpaired) electrons. The SMILES string of the molecule is CCc1ccc(CNc2ccc(OC(C)C)c(Cl)c2)s1. The van der Waals surface area contributed by atoms with Crippen molar-refractivity contribution in [3.63, 3.8) is 0 Å². The quantitative estimate of drug-likeness (QED) is 0.775. The Morgan fingerprint density at radius 1 is 1.20 bits per heavy atom. The molecule has 0 aliphatic rings. The number of halogens is 1. The van der Waals surface area contributed by atoms with Gasteiger partial charge in [-0.3, -0.25) is 0 Å². The fourth-order valence-corrected chi connectivity index (χ4v) is 2.98. The van der Waals surface area contributed by atoms with E-state index in [1.807, 2.05) is 43.4 Å². The number of anilines is 1. The minimum atomic E-state index is 0.130. The normalized spacial score (nSPS) is 10.8. The second-order valence-corrected chi connectivity index (χ2v) is 6.55. The van der Waals surface area contributed by atoms with Gasteiger partial charge in [-0.15, -0.1) is 11.3 Å². The Morgan fingerprint density at radius 2 is 1.95 bits per heavy atom. The Balaban J connectivity index is 1.97. The van der Waals surface area contributed by atoms with E-state index >= 15 is 0 Å². The van der Waals surface area contributed by atoms with Crippen LogP contribution in [0.15, 0.2) is 30.3 Å². The van der Waals surface area contributed by atoms with Gasteiger partial charge in [0.25, 0.3) is 0 Å². The zero-order valence-electron chi connectivity index (χ0n) is 12.1. The summed E-state index contributed by atoms with van der Waals surface area (Å²) in [4.78, 5) is 2.75. The van der Waals surface area contributed by atoms with E-state index in [-0.39, 0.29) is 6.10 Å². The highest BCUT2D eigenvalue weighted by atomic mass is 35.5. The molecule has 0 saturated heterocycles. The molecule has 20 heavy (non-hydrogen) atoms. The summed E-state index contributed by atoms with van der Waals surface area (Å²) in [7, 11) is 0. The maximum atomic E-state index is 6.22.